The molecule has 24 heavy (non-hydrogen) atoms. The zero-order chi connectivity index (χ0) is 16.7. The van der Waals surface area contributed by atoms with Crippen molar-refractivity contribution in [1.82, 2.24) is 13.7 Å². The molecular formula is C17H16BrN3O2S. The second-order valence-corrected chi connectivity index (χ2v) is 8.72. The van der Waals surface area contributed by atoms with Gasteiger partial charge >= 0.3 is 0 Å². The van der Waals surface area contributed by atoms with Crippen molar-refractivity contribution in [2.24, 2.45) is 0 Å². The van der Waals surface area contributed by atoms with E-state index in [1.165, 1.54) is 0 Å². The topological polar surface area (TPSA) is 54.7 Å². The van der Waals surface area contributed by atoms with Crippen molar-refractivity contribution in [2.45, 2.75) is 30.3 Å². The minimum atomic E-state index is -3.53. The van der Waals surface area contributed by atoms with Crippen LogP contribution in [0.4, 0.5) is 0 Å². The summed E-state index contributed by atoms with van der Waals surface area (Å²) in [5.74, 6) is 0. The average molecular weight is 406 g/mol. The fraction of sp³-hybridized carbons (Fsp3) is 0.235. The van der Waals surface area contributed by atoms with Gasteiger partial charge in [-0.1, -0.05) is 22.0 Å². The quantitative estimate of drug-likeness (QED) is 0.652. The van der Waals surface area contributed by atoms with Crippen molar-refractivity contribution >= 4 is 31.6 Å². The highest BCUT2D eigenvalue weighted by atomic mass is 79.9. The van der Waals surface area contributed by atoms with Crippen molar-refractivity contribution in [1.29, 1.82) is 0 Å². The third-order valence-electron chi connectivity index (χ3n) is 4.19. The molecule has 1 fully saturated rings. The van der Waals surface area contributed by atoms with Crippen LogP contribution in [0.15, 0.2) is 64.2 Å². The number of benzene rings is 1. The predicted octanol–water partition coefficient (Wildman–Crippen LogP) is 3.45. The Hall–Kier alpha value is -1.70. The van der Waals surface area contributed by atoms with Gasteiger partial charge in [0.1, 0.15) is 5.65 Å². The third kappa shape index (κ3) is 2.87. The molecule has 0 bridgehead atoms. The molecule has 2 heterocycles. The van der Waals surface area contributed by atoms with E-state index in [1.54, 1.807) is 34.8 Å². The van der Waals surface area contributed by atoms with Gasteiger partial charge in [-0.2, -0.15) is 4.31 Å². The van der Waals surface area contributed by atoms with Crippen molar-refractivity contribution in [2.75, 3.05) is 0 Å². The normalized spacial score (nSPS) is 15.2. The van der Waals surface area contributed by atoms with Crippen LogP contribution in [0.1, 0.15) is 18.5 Å². The average Bonchev–Trinajstić information content (AvgIpc) is 3.33. The van der Waals surface area contributed by atoms with Crippen LogP contribution in [0.2, 0.25) is 0 Å². The lowest BCUT2D eigenvalue weighted by atomic mass is 10.4. The summed E-state index contributed by atoms with van der Waals surface area (Å²) in [4.78, 5) is 4.68. The molecule has 4 rings (SSSR count). The lowest BCUT2D eigenvalue weighted by Crippen LogP contribution is -2.33. The van der Waals surface area contributed by atoms with Crippen LogP contribution in [0.3, 0.4) is 0 Å². The molecule has 2 aromatic heterocycles. The summed E-state index contributed by atoms with van der Waals surface area (Å²) < 4.78 is 30.5. The van der Waals surface area contributed by atoms with E-state index in [1.807, 2.05) is 28.8 Å². The van der Waals surface area contributed by atoms with Crippen molar-refractivity contribution in [3.63, 3.8) is 0 Å². The number of nitrogens with zero attached hydrogens (tertiary/aromatic N) is 3. The fourth-order valence-electron chi connectivity index (χ4n) is 2.78. The standard InChI is InChI=1S/C17H16BrN3O2S/c18-13-4-8-16(9-5-13)24(22,23)21(14-6-7-14)12-15-11-19-17-3-1-2-10-20(15)17/h1-5,8-11,14H,6-7,12H2. The number of hydrogen-bond donors (Lipinski definition) is 0. The molecule has 1 aliphatic carbocycles. The van der Waals surface area contributed by atoms with Gasteiger partial charge in [-0.25, -0.2) is 13.4 Å². The lowest BCUT2D eigenvalue weighted by molar-refractivity contribution is 0.393. The molecule has 1 aromatic carbocycles. The predicted molar refractivity (Wildman–Crippen MR) is 95.1 cm³/mol. The Labute approximate surface area is 149 Å². The van der Waals surface area contributed by atoms with E-state index in [4.69, 9.17) is 0 Å². The number of pyridine rings is 1. The van der Waals surface area contributed by atoms with E-state index in [0.717, 1.165) is 28.7 Å². The Balaban J connectivity index is 1.71. The van der Waals surface area contributed by atoms with E-state index in [0.29, 0.717) is 11.4 Å². The molecule has 0 N–H and O–H groups in total. The van der Waals surface area contributed by atoms with Gasteiger partial charge in [-0.05, 0) is 49.2 Å². The second kappa shape index (κ2) is 5.98. The monoisotopic (exact) mass is 405 g/mol. The first kappa shape index (κ1) is 15.8. The van der Waals surface area contributed by atoms with Gasteiger partial charge in [0.2, 0.25) is 10.0 Å². The molecule has 3 aromatic rings. The largest absolute Gasteiger partial charge is 0.303 e. The zero-order valence-electron chi connectivity index (χ0n) is 12.8. The number of halogens is 1. The highest BCUT2D eigenvalue weighted by molar-refractivity contribution is 9.10. The Bertz CT molecular complexity index is 978. The Kier molecular flexibility index (Phi) is 3.94. The Morgan fingerprint density at radius 2 is 1.92 bits per heavy atom. The summed E-state index contributed by atoms with van der Waals surface area (Å²) in [7, 11) is -3.53. The minimum absolute atomic E-state index is 0.0768. The number of rotatable bonds is 5. The Morgan fingerprint density at radius 3 is 2.62 bits per heavy atom. The number of sulfonamides is 1. The van der Waals surface area contributed by atoms with Gasteiger partial charge < -0.3 is 4.40 Å². The molecule has 0 spiro atoms. The van der Waals surface area contributed by atoms with Gasteiger partial charge in [-0.3, -0.25) is 0 Å². The smallest absolute Gasteiger partial charge is 0.243 e. The molecule has 0 unspecified atom stereocenters. The maximum atomic E-state index is 13.1. The SMILES string of the molecule is O=S(=O)(c1ccc(Br)cc1)N(Cc1cnc2ccccn12)C1CC1. The summed E-state index contributed by atoms with van der Waals surface area (Å²) in [6.07, 6.45) is 5.48. The van der Waals surface area contributed by atoms with Gasteiger partial charge in [-0.15, -0.1) is 0 Å². The van der Waals surface area contributed by atoms with Gasteiger partial charge in [0.25, 0.3) is 0 Å². The number of fused-ring (bicyclic) bond motifs is 1. The lowest BCUT2D eigenvalue weighted by Gasteiger charge is -2.21. The van der Waals surface area contributed by atoms with Crippen molar-refractivity contribution in [3.05, 3.63) is 65.0 Å². The van der Waals surface area contributed by atoms with Crippen LogP contribution in [0.25, 0.3) is 5.65 Å². The van der Waals surface area contributed by atoms with Crippen LogP contribution in [0.5, 0.6) is 0 Å². The molecule has 0 radical (unpaired) electrons. The van der Waals surface area contributed by atoms with Crippen LogP contribution < -0.4 is 0 Å². The molecule has 124 valence electrons. The maximum Gasteiger partial charge on any atom is 0.243 e. The summed E-state index contributed by atoms with van der Waals surface area (Å²) >= 11 is 3.35. The van der Waals surface area contributed by atoms with E-state index in [2.05, 4.69) is 20.9 Å². The highest BCUT2D eigenvalue weighted by Crippen LogP contribution is 2.33. The molecule has 1 aliphatic rings. The molecule has 0 amide bonds. The van der Waals surface area contributed by atoms with Crippen LogP contribution in [-0.2, 0) is 16.6 Å². The van der Waals surface area contributed by atoms with E-state index >= 15 is 0 Å². The molecule has 1 saturated carbocycles. The second-order valence-electron chi connectivity index (χ2n) is 5.91. The van der Waals surface area contributed by atoms with E-state index in [9.17, 15) is 8.42 Å². The number of aromatic nitrogens is 2. The third-order valence-corrected chi connectivity index (χ3v) is 6.63. The van der Waals surface area contributed by atoms with E-state index in [-0.39, 0.29) is 6.04 Å². The first-order chi connectivity index (χ1) is 11.6. The highest BCUT2D eigenvalue weighted by Gasteiger charge is 2.38. The Morgan fingerprint density at radius 1 is 1.17 bits per heavy atom. The molecule has 0 saturated heterocycles. The first-order valence-electron chi connectivity index (χ1n) is 7.74. The fourth-order valence-corrected chi connectivity index (χ4v) is 4.70. The maximum absolute atomic E-state index is 13.1. The summed E-state index contributed by atoms with van der Waals surface area (Å²) in [6.45, 7) is 0.328. The van der Waals surface area contributed by atoms with Crippen molar-refractivity contribution < 1.29 is 8.42 Å². The van der Waals surface area contributed by atoms with Crippen LogP contribution in [0, 0.1) is 0 Å². The molecule has 7 heteroatoms. The zero-order valence-corrected chi connectivity index (χ0v) is 15.2. The summed E-state index contributed by atoms with van der Waals surface area (Å²) in [6, 6.07) is 12.6. The van der Waals surface area contributed by atoms with Gasteiger partial charge in [0.15, 0.2) is 0 Å². The molecule has 0 atom stereocenters. The van der Waals surface area contributed by atoms with E-state index < -0.39 is 10.0 Å². The van der Waals surface area contributed by atoms with Crippen LogP contribution >= 0.6 is 15.9 Å². The molecule has 0 aliphatic heterocycles. The summed E-state index contributed by atoms with van der Waals surface area (Å²) in [5, 5.41) is 0. The minimum Gasteiger partial charge on any atom is -0.303 e. The van der Waals surface area contributed by atoms with Gasteiger partial charge in [0.05, 0.1) is 23.3 Å². The van der Waals surface area contributed by atoms with Crippen LogP contribution in [-0.4, -0.2) is 28.1 Å². The first-order valence-corrected chi connectivity index (χ1v) is 9.97. The van der Waals surface area contributed by atoms with Gasteiger partial charge in [0, 0.05) is 16.7 Å². The molecular weight excluding hydrogens is 390 g/mol. The van der Waals surface area contributed by atoms with Crippen molar-refractivity contribution in [3.8, 4) is 0 Å². The number of imidazole rings is 1. The molecule has 5 nitrogen and oxygen atoms in total. The number of hydrogen-bond acceptors (Lipinski definition) is 3. The summed E-state index contributed by atoms with van der Waals surface area (Å²) in [5.41, 5.74) is 1.70.